The summed E-state index contributed by atoms with van der Waals surface area (Å²) in [5.41, 5.74) is 9.92. The van der Waals surface area contributed by atoms with Crippen molar-refractivity contribution in [3.63, 3.8) is 0 Å². The summed E-state index contributed by atoms with van der Waals surface area (Å²) >= 11 is 0. The first-order valence-electron chi connectivity index (χ1n) is 15.5. The van der Waals surface area contributed by atoms with Gasteiger partial charge < -0.3 is 4.57 Å². The molecule has 4 aromatic heterocycles. The van der Waals surface area contributed by atoms with E-state index in [9.17, 15) is 5.26 Å². The first kappa shape index (κ1) is 29.6. The predicted octanol–water partition coefficient (Wildman–Crippen LogP) is 9.78. The van der Waals surface area contributed by atoms with Crippen LogP contribution in [0.4, 0.5) is 0 Å². The number of pyridine rings is 2. The smallest absolute Gasteiger partial charge is 0.313 e. The number of nitriles is 1. The maximum absolute atomic E-state index is 10.9. The minimum atomic E-state index is 0. The number of benzene rings is 5. The molecule has 0 bridgehead atoms. The van der Waals surface area contributed by atoms with E-state index >= 15 is 0 Å². The van der Waals surface area contributed by atoms with Crippen molar-refractivity contribution in [2.24, 2.45) is 0 Å². The Bertz CT molecular complexity index is 2700. The Morgan fingerprint density at radius 3 is 2.02 bits per heavy atom. The molecule has 48 heavy (non-hydrogen) atoms. The van der Waals surface area contributed by atoms with Gasteiger partial charge in [-0.15, -0.1) is 12.1 Å². The van der Waals surface area contributed by atoms with Gasteiger partial charge in [0.1, 0.15) is 17.5 Å². The molecule has 0 aliphatic heterocycles. The van der Waals surface area contributed by atoms with Crippen LogP contribution in [-0.4, -0.2) is 19.1 Å². The Morgan fingerprint density at radius 1 is 0.688 bits per heavy atom. The molecular formula is C42H25N5Pt. The molecule has 0 amide bonds. The summed E-state index contributed by atoms with van der Waals surface area (Å²) < 4.78 is 4.21. The molecule has 5 nitrogen and oxygen atoms in total. The largest absolute Gasteiger partial charge is 2.00 e. The zero-order chi connectivity index (χ0) is 31.5. The van der Waals surface area contributed by atoms with Crippen molar-refractivity contribution in [3.05, 3.63) is 157 Å². The molecule has 9 rings (SSSR count). The summed E-state index contributed by atoms with van der Waals surface area (Å²) in [5.74, 6) is 0.750. The van der Waals surface area contributed by atoms with Gasteiger partial charge in [-0.1, -0.05) is 66.7 Å². The SMILES string of the molecule is Cc1cc(-n2c3ccccc3c3c(C#N)c4c5ccccc5n(-c5[c-]c(-c6[c-]cccc6)ccc5)c4nc32)ncc1-c1ccccc1.[Pt+2]. The minimum absolute atomic E-state index is 0. The molecule has 0 fully saturated rings. The fourth-order valence-corrected chi connectivity index (χ4v) is 6.86. The molecular weight excluding hydrogens is 770 g/mol. The number of rotatable bonds is 4. The van der Waals surface area contributed by atoms with Crippen molar-refractivity contribution in [2.45, 2.75) is 6.92 Å². The van der Waals surface area contributed by atoms with Crippen molar-refractivity contribution in [3.8, 4) is 39.8 Å². The van der Waals surface area contributed by atoms with E-state index in [0.717, 1.165) is 71.9 Å². The van der Waals surface area contributed by atoms with Crippen molar-refractivity contribution in [2.75, 3.05) is 0 Å². The van der Waals surface area contributed by atoms with Gasteiger partial charge in [0.05, 0.1) is 16.6 Å². The molecule has 0 aliphatic rings. The monoisotopic (exact) mass is 794 g/mol. The molecule has 0 N–H and O–H groups in total. The van der Waals surface area contributed by atoms with Gasteiger partial charge in [-0.05, 0) is 41.9 Å². The van der Waals surface area contributed by atoms with Gasteiger partial charge in [-0.3, -0.25) is 4.57 Å². The topological polar surface area (TPSA) is 59.4 Å². The number of nitrogens with zero attached hydrogens (tertiary/aromatic N) is 5. The van der Waals surface area contributed by atoms with Gasteiger partial charge in [-0.25, -0.2) is 21.1 Å². The standard InChI is InChI=1S/C42H25N5.Pt/c1-27-23-38(44-26-35(27)29-15-6-3-7-16-29)47-37-22-11-9-20-33(37)40-34(25-43)39-32-19-8-10-21-36(32)46(41(39)45-42(40)47)31-18-12-17-30(24-31)28-13-4-2-5-14-28;/h2-13,15-23,26H,1H3;/q-2;+2. The summed E-state index contributed by atoms with van der Waals surface area (Å²) in [6, 6.07) is 52.4. The summed E-state index contributed by atoms with van der Waals surface area (Å²) in [6.45, 7) is 2.11. The third-order valence-corrected chi connectivity index (χ3v) is 8.95. The van der Waals surface area contributed by atoms with Gasteiger partial charge in [0.15, 0.2) is 5.65 Å². The van der Waals surface area contributed by atoms with E-state index in [0.29, 0.717) is 16.9 Å². The molecule has 0 radical (unpaired) electrons. The number of hydrogen-bond donors (Lipinski definition) is 0. The fourth-order valence-electron chi connectivity index (χ4n) is 6.86. The van der Waals surface area contributed by atoms with E-state index in [2.05, 4.69) is 76.7 Å². The Kier molecular flexibility index (Phi) is 7.25. The second-order valence-corrected chi connectivity index (χ2v) is 11.7. The third kappa shape index (κ3) is 4.49. The van der Waals surface area contributed by atoms with E-state index < -0.39 is 0 Å². The van der Waals surface area contributed by atoms with Crippen LogP contribution in [0.2, 0.25) is 0 Å². The number of fused-ring (bicyclic) bond motifs is 6. The molecule has 9 aromatic rings. The Labute approximate surface area is 291 Å². The van der Waals surface area contributed by atoms with Crippen LogP contribution in [0, 0.1) is 30.4 Å². The van der Waals surface area contributed by atoms with E-state index in [1.54, 1.807) is 0 Å². The minimum Gasteiger partial charge on any atom is -0.313 e. The quantitative estimate of drug-likeness (QED) is 0.167. The van der Waals surface area contributed by atoms with E-state index in [4.69, 9.17) is 9.97 Å². The van der Waals surface area contributed by atoms with Gasteiger partial charge in [0.25, 0.3) is 0 Å². The zero-order valence-corrected chi connectivity index (χ0v) is 28.0. The number of aromatic nitrogens is 4. The van der Waals surface area contributed by atoms with E-state index in [1.807, 2.05) is 91.1 Å². The van der Waals surface area contributed by atoms with Crippen LogP contribution in [0.25, 0.3) is 77.6 Å². The molecule has 228 valence electrons. The molecule has 0 saturated heterocycles. The molecule has 0 saturated carbocycles. The van der Waals surface area contributed by atoms with Crippen LogP contribution < -0.4 is 0 Å². The van der Waals surface area contributed by atoms with Gasteiger partial charge in [0.2, 0.25) is 0 Å². The maximum Gasteiger partial charge on any atom is 2.00 e. The Balaban J connectivity index is 0.00000336. The van der Waals surface area contributed by atoms with Crippen molar-refractivity contribution >= 4 is 43.9 Å². The van der Waals surface area contributed by atoms with Crippen LogP contribution in [0.3, 0.4) is 0 Å². The summed E-state index contributed by atoms with van der Waals surface area (Å²) in [7, 11) is 0. The number of aryl methyl sites for hydroxylation is 1. The Hall–Kier alpha value is -5.82. The van der Waals surface area contributed by atoms with E-state index in [1.165, 1.54) is 0 Å². The molecule has 6 heteroatoms. The Morgan fingerprint density at radius 2 is 1.33 bits per heavy atom. The maximum atomic E-state index is 10.9. The average Bonchev–Trinajstić information content (AvgIpc) is 3.64. The van der Waals surface area contributed by atoms with Crippen LogP contribution in [0.5, 0.6) is 0 Å². The second kappa shape index (κ2) is 11.8. The number of hydrogen-bond acceptors (Lipinski definition) is 3. The van der Waals surface area contributed by atoms with Crippen LogP contribution in [0.15, 0.2) is 134 Å². The van der Waals surface area contributed by atoms with Crippen LogP contribution in [-0.2, 0) is 21.1 Å². The molecule has 4 heterocycles. The summed E-state index contributed by atoms with van der Waals surface area (Å²) in [6.07, 6.45) is 1.93. The molecule has 5 aromatic carbocycles. The van der Waals surface area contributed by atoms with Gasteiger partial charge in [0, 0.05) is 33.3 Å². The second-order valence-electron chi connectivity index (χ2n) is 11.7. The van der Waals surface area contributed by atoms with Crippen molar-refractivity contribution in [1.29, 1.82) is 5.26 Å². The summed E-state index contributed by atoms with van der Waals surface area (Å²) in [4.78, 5) is 10.4. The summed E-state index contributed by atoms with van der Waals surface area (Å²) in [5, 5.41) is 14.5. The van der Waals surface area contributed by atoms with Crippen LogP contribution in [0.1, 0.15) is 11.1 Å². The fraction of sp³-hybridized carbons (Fsp3) is 0.0238. The average molecular weight is 795 g/mol. The first-order valence-corrected chi connectivity index (χ1v) is 15.5. The van der Waals surface area contributed by atoms with Gasteiger partial charge in [-0.2, -0.15) is 47.7 Å². The third-order valence-electron chi connectivity index (χ3n) is 8.95. The molecule has 0 spiro atoms. The first-order chi connectivity index (χ1) is 23.2. The molecule has 0 aliphatic carbocycles. The van der Waals surface area contributed by atoms with E-state index in [-0.39, 0.29) is 21.1 Å². The predicted molar refractivity (Wildman–Crippen MR) is 189 cm³/mol. The van der Waals surface area contributed by atoms with Crippen molar-refractivity contribution in [1.82, 2.24) is 19.1 Å². The van der Waals surface area contributed by atoms with Crippen molar-refractivity contribution < 1.29 is 21.1 Å². The molecule has 0 unspecified atom stereocenters. The zero-order valence-electron chi connectivity index (χ0n) is 25.8. The van der Waals surface area contributed by atoms with Gasteiger partial charge >= 0.3 is 21.1 Å². The molecule has 0 atom stereocenters. The van der Waals surface area contributed by atoms with Crippen LogP contribution >= 0.6 is 0 Å². The normalized spacial score (nSPS) is 11.2. The number of para-hydroxylation sites is 2.